The summed E-state index contributed by atoms with van der Waals surface area (Å²) < 4.78 is 0. The predicted molar refractivity (Wildman–Crippen MR) is 59.3 cm³/mol. The molecule has 1 rings (SSSR count). The Morgan fingerprint density at radius 1 is 1.36 bits per heavy atom. The van der Waals surface area contributed by atoms with Gasteiger partial charge in [-0.1, -0.05) is 20.8 Å². The van der Waals surface area contributed by atoms with Gasteiger partial charge >= 0.3 is 0 Å². The van der Waals surface area contributed by atoms with Crippen LogP contribution in [0, 0.1) is 11.3 Å². The Bertz CT molecular complexity index is 192. The zero-order chi connectivity index (χ0) is 10.6. The minimum Gasteiger partial charge on any atom is -0.317 e. The molecule has 1 heterocycles. The van der Waals surface area contributed by atoms with Gasteiger partial charge in [0.25, 0.3) is 0 Å². The van der Waals surface area contributed by atoms with Gasteiger partial charge in [0, 0.05) is 11.8 Å². The molecule has 82 valence electrons. The lowest BCUT2D eigenvalue weighted by Crippen LogP contribution is -2.40. The van der Waals surface area contributed by atoms with Gasteiger partial charge in [-0.05, 0) is 38.3 Å². The van der Waals surface area contributed by atoms with Gasteiger partial charge in [0.05, 0.1) is 0 Å². The maximum atomic E-state index is 12.0. The normalized spacial score (nSPS) is 21.1. The van der Waals surface area contributed by atoms with E-state index in [2.05, 4.69) is 26.1 Å². The zero-order valence-corrected chi connectivity index (χ0v) is 9.73. The Labute approximate surface area is 87.5 Å². The molecule has 0 saturated carbocycles. The second-order valence-electron chi connectivity index (χ2n) is 5.17. The van der Waals surface area contributed by atoms with Crippen molar-refractivity contribution in [1.29, 1.82) is 0 Å². The van der Waals surface area contributed by atoms with E-state index in [0.717, 1.165) is 38.8 Å². The summed E-state index contributed by atoms with van der Waals surface area (Å²) in [4.78, 5) is 12.0. The van der Waals surface area contributed by atoms with E-state index in [0.29, 0.717) is 11.7 Å². The van der Waals surface area contributed by atoms with Gasteiger partial charge in [-0.25, -0.2) is 0 Å². The summed E-state index contributed by atoms with van der Waals surface area (Å²) in [5.74, 6) is 1.12. The van der Waals surface area contributed by atoms with Crippen LogP contribution in [0.25, 0.3) is 0 Å². The van der Waals surface area contributed by atoms with Crippen LogP contribution in [0.5, 0.6) is 0 Å². The fourth-order valence-electron chi connectivity index (χ4n) is 1.98. The van der Waals surface area contributed by atoms with E-state index in [1.165, 1.54) is 0 Å². The third kappa shape index (κ3) is 3.09. The molecule has 0 aromatic carbocycles. The fraction of sp³-hybridized carbons (Fsp3) is 0.917. The quantitative estimate of drug-likeness (QED) is 0.749. The molecule has 1 aliphatic heterocycles. The van der Waals surface area contributed by atoms with E-state index in [-0.39, 0.29) is 5.41 Å². The molecule has 0 aromatic rings. The SMILES string of the molecule is CC(C)CCC(=O)C1(C)CCNCC1. The van der Waals surface area contributed by atoms with Crippen molar-refractivity contribution in [1.82, 2.24) is 5.32 Å². The largest absolute Gasteiger partial charge is 0.317 e. The first-order chi connectivity index (χ1) is 6.54. The van der Waals surface area contributed by atoms with Crippen LogP contribution in [0.4, 0.5) is 0 Å². The van der Waals surface area contributed by atoms with Crippen LogP contribution in [0.3, 0.4) is 0 Å². The van der Waals surface area contributed by atoms with Crippen molar-refractivity contribution in [3.63, 3.8) is 0 Å². The molecule has 1 saturated heterocycles. The molecule has 0 unspecified atom stereocenters. The Hall–Kier alpha value is -0.370. The van der Waals surface area contributed by atoms with Gasteiger partial charge in [0.15, 0.2) is 0 Å². The monoisotopic (exact) mass is 197 g/mol. The van der Waals surface area contributed by atoms with Crippen molar-refractivity contribution >= 4 is 5.78 Å². The lowest BCUT2D eigenvalue weighted by molar-refractivity contribution is -0.129. The minimum absolute atomic E-state index is 0.0276. The van der Waals surface area contributed by atoms with Crippen LogP contribution in [-0.4, -0.2) is 18.9 Å². The van der Waals surface area contributed by atoms with Gasteiger partial charge in [-0.3, -0.25) is 4.79 Å². The average Bonchev–Trinajstić information content (AvgIpc) is 2.15. The highest BCUT2D eigenvalue weighted by Gasteiger charge is 2.33. The van der Waals surface area contributed by atoms with E-state index in [4.69, 9.17) is 0 Å². The molecule has 14 heavy (non-hydrogen) atoms. The topological polar surface area (TPSA) is 29.1 Å². The van der Waals surface area contributed by atoms with Crippen molar-refractivity contribution in [2.45, 2.75) is 46.5 Å². The number of piperidine rings is 1. The first-order valence-corrected chi connectivity index (χ1v) is 5.78. The van der Waals surface area contributed by atoms with Gasteiger partial charge in [-0.15, -0.1) is 0 Å². The molecule has 0 atom stereocenters. The Balaban J connectivity index is 2.41. The number of rotatable bonds is 4. The maximum absolute atomic E-state index is 12.0. The molecule has 0 aromatic heterocycles. The van der Waals surface area contributed by atoms with Crippen LogP contribution in [0.1, 0.15) is 46.5 Å². The summed E-state index contributed by atoms with van der Waals surface area (Å²) in [5.41, 5.74) is -0.0276. The Morgan fingerprint density at radius 2 is 1.93 bits per heavy atom. The highest BCUT2D eigenvalue weighted by molar-refractivity contribution is 5.84. The molecule has 1 N–H and O–H groups in total. The lowest BCUT2D eigenvalue weighted by Gasteiger charge is -2.32. The fourth-order valence-corrected chi connectivity index (χ4v) is 1.98. The highest BCUT2D eigenvalue weighted by atomic mass is 16.1. The molecule has 2 heteroatoms. The number of Topliss-reactive ketones (excluding diaryl/α,β-unsaturated/α-hetero) is 1. The molecule has 0 bridgehead atoms. The van der Waals surface area contributed by atoms with Crippen LogP contribution < -0.4 is 5.32 Å². The average molecular weight is 197 g/mol. The van der Waals surface area contributed by atoms with Crippen LogP contribution in [0.15, 0.2) is 0 Å². The van der Waals surface area contributed by atoms with Gasteiger partial charge in [0.2, 0.25) is 0 Å². The maximum Gasteiger partial charge on any atom is 0.138 e. The van der Waals surface area contributed by atoms with Gasteiger partial charge in [-0.2, -0.15) is 0 Å². The second kappa shape index (κ2) is 4.92. The molecule has 1 fully saturated rings. The predicted octanol–water partition coefficient (Wildman–Crippen LogP) is 2.38. The van der Waals surface area contributed by atoms with Crippen LogP contribution in [0.2, 0.25) is 0 Å². The van der Waals surface area contributed by atoms with E-state index in [9.17, 15) is 4.79 Å². The number of carbonyl (C=O) groups excluding carboxylic acids is 1. The number of hydrogen-bond acceptors (Lipinski definition) is 2. The van der Waals surface area contributed by atoms with Crippen LogP contribution >= 0.6 is 0 Å². The Morgan fingerprint density at radius 3 is 2.43 bits per heavy atom. The van der Waals surface area contributed by atoms with Crippen molar-refractivity contribution in [3.05, 3.63) is 0 Å². The summed E-state index contributed by atoms with van der Waals surface area (Å²) in [6.07, 6.45) is 3.85. The molecule has 0 aliphatic carbocycles. The van der Waals surface area contributed by atoms with E-state index in [1.807, 2.05) is 0 Å². The van der Waals surface area contributed by atoms with E-state index < -0.39 is 0 Å². The van der Waals surface area contributed by atoms with E-state index >= 15 is 0 Å². The molecule has 1 aliphatic rings. The third-order valence-corrected chi connectivity index (χ3v) is 3.33. The molecule has 2 nitrogen and oxygen atoms in total. The summed E-state index contributed by atoms with van der Waals surface area (Å²) in [5, 5.41) is 3.31. The standard InChI is InChI=1S/C12H23NO/c1-10(2)4-5-11(14)12(3)6-8-13-9-7-12/h10,13H,4-9H2,1-3H3. The molecule has 0 amide bonds. The van der Waals surface area contributed by atoms with Crippen molar-refractivity contribution in [2.24, 2.45) is 11.3 Å². The summed E-state index contributed by atoms with van der Waals surface area (Å²) in [6.45, 7) is 8.50. The third-order valence-electron chi connectivity index (χ3n) is 3.33. The first kappa shape index (κ1) is 11.7. The first-order valence-electron chi connectivity index (χ1n) is 5.78. The molecule has 0 radical (unpaired) electrons. The molecular weight excluding hydrogens is 174 g/mol. The van der Waals surface area contributed by atoms with Crippen molar-refractivity contribution in [2.75, 3.05) is 13.1 Å². The van der Waals surface area contributed by atoms with E-state index in [1.54, 1.807) is 0 Å². The number of nitrogens with one attached hydrogen (secondary N) is 1. The molecule has 0 spiro atoms. The summed E-state index contributed by atoms with van der Waals surface area (Å²) >= 11 is 0. The van der Waals surface area contributed by atoms with Gasteiger partial charge < -0.3 is 5.32 Å². The number of carbonyl (C=O) groups is 1. The van der Waals surface area contributed by atoms with Gasteiger partial charge in [0.1, 0.15) is 5.78 Å². The smallest absolute Gasteiger partial charge is 0.138 e. The summed E-state index contributed by atoms with van der Waals surface area (Å²) in [6, 6.07) is 0. The zero-order valence-electron chi connectivity index (χ0n) is 9.73. The second-order valence-corrected chi connectivity index (χ2v) is 5.17. The lowest BCUT2D eigenvalue weighted by atomic mass is 9.75. The molecular formula is C12H23NO. The summed E-state index contributed by atoms with van der Waals surface area (Å²) in [7, 11) is 0. The van der Waals surface area contributed by atoms with Crippen LogP contribution in [-0.2, 0) is 4.79 Å². The van der Waals surface area contributed by atoms with Crippen molar-refractivity contribution < 1.29 is 4.79 Å². The number of hydrogen-bond donors (Lipinski definition) is 1. The number of ketones is 1. The Kier molecular flexibility index (Phi) is 4.11. The van der Waals surface area contributed by atoms with Crippen molar-refractivity contribution in [3.8, 4) is 0 Å². The highest BCUT2D eigenvalue weighted by Crippen LogP contribution is 2.31. The minimum atomic E-state index is -0.0276.